The molecule has 0 aliphatic carbocycles. The number of aryl methyl sites for hydroxylation is 1. The molecule has 0 amide bonds. The minimum atomic E-state index is 0.856. The summed E-state index contributed by atoms with van der Waals surface area (Å²) in [6, 6.07) is 4.37. The van der Waals surface area contributed by atoms with Gasteiger partial charge in [-0.05, 0) is 46.7 Å². The summed E-state index contributed by atoms with van der Waals surface area (Å²) in [6.45, 7) is 2.98. The van der Waals surface area contributed by atoms with Crippen LogP contribution in [0.25, 0.3) is 0 Å². The standard InChI is InChI=1S/C9H9IO/c1-6-4-7-2-3-11-9(7)8(10)5-6/h4-5H,2-3H2,1H3. The van der Waals surface area contributed by atoms with Crippen molar-refractivity contribution in [1.29, 1.82) is 0 Å². The average molecular weight is 260 g/mol. The summed E-state index contributed by atoms with van der Waals surface area (Å²) in [7, 11) is 0. The lowest BCUT2D eigenvalue weighted by Gasteiger charge is -2.02. The molecule has 0 unspecified atom stereocenters. The van der Waals surface area contributed by atoms with Gasteiger partial charge in [0.2, 0.25) is 0 Å². The molecular formula is C9H9IO. The van der Waals surface area contributed by atoms with Crippen LogP contribution in [-0.2, 0) is 6.42 Å². The smallest absolute Gasteiger partial charge is 0.135 e. The number of benzene rings is 1. The molecule has 1 nitrogen and oxygen atoms in total. The van der Waals surface area contributed by atoms with Crippen molar-refractivity contribution in [2.45, 2.75) is 13.3 Å². The van der Waals surface area contributed by atoms with Crippen LogP contribution in [0.2, 0.25) is 0 Å². The number of ether oxygens (including phenoxy) is 1. The van der Waals surface area contributed by atoms with E-state index >= 15 is 0 Å². The fourth-order valence-corrected chi connectivity index (χ4v) is 2.40. The van der Waals surface area contributed by atoms with E-state index in [1.54, 1.807) is 0 Å². The van der Waals surface area contributed by atoms with Crippen molar-refractivity contribution in [3.63, 3.8) is 0 Å². The Morgan fingerprint density at radius 3 is 3.09 bits per heavy atom. The van der Waals surface area contributed by atoms with E-state index < -0.39 is 0 Å². The second-order valence-electron chi connectivity index (χ2n) is 2.83. The second-order valence-corrected chi connectivity index (χ2v) is 4.00. The van der Waals surface area contributed by atoms with E-state index in [1.807, 2.05) is 0 Å². The molecule has 0 atom stereocenters. The van der Waals surface area contributed by atoms with Crippen LogP contribution in [0, 0.1) is 10.5 Å². The first-order valence-electron chi connectivity index (χ1n) is 3.69. The summed E-state index contributed by atoms with van der Waals surface area (Å²) in [5, 5.41) is 0. The van der Waals surface area contributed by atoms with Crippen molar-refractivity contribution < 1.29 is 4.74 Å². The molecule has 2 heteroatoms. The van der Waals surface area contributed by atoms with Gasteiger partial charge in [-0.2, -0.15) is 0 Å². The zero-order valence-corrected chi connectivity index (χ0v) is 8.51. The van der Waals surface area contributed by atoms with Gasteiger partial charge in [0.15, 0.2) is 0 Å². The Kier molecular flexibility index (Phi) is 1.79. The molecule has 0 bridgehead atoms. The Morgan fingerprint density at radius 2 is 2.27 bits per heavy atom. The van der Waals surface area contributed by atoms with Gasteiger partial charge < -0.3 is 4.74 Å². The highest BCUT2D eigenvalue weighted by atomic mass is 127. The molecule has 0 saturated carbocycles. The van der Waals surface area contributed by atoms with E-state index in [-0.39, 0.29) is 0 Å². The maximum Gasteiger partial charge on any atom is 0.135 e. The van der Waals surface area contributed by atoms with E-state index in [9.17, 15) is 0 Å². The molecule has 0 radical (unpaired) electrons. The monoisotopic (exact) mass is 260 g/mol. The van der Waals surface area contributed by atoms with Crippen LogP contribution < -0.4 is 4.74 Å². The van der Waals surface area contributed by atoms with Crippen LogP contribution in [0.5, 0.6) is 5.75 Å². The predicted molar refractivity (Wildman–Crippen MR) is 53.1 cm³/mol. The van der Waals surface area contributed by atoms with Crippen molar-refractivity contribution in [3.05, 3.63) is 26.8 Å². The van der Waals surface area contributed by atoms with Gasteiger partial charge in [-0.1, -0.05) is 6.07 Å². The molecule has 1 aromatic carbocycles. The van der Waals surface area contributed by atoms with Gasteiger partial charge in [-0.15, -0.1) is 0 Å². The van der Waals surface area contributed by atoms with Crippen molar-refractivity contribution >= 4 is 22.6 Å². The lowest BCUT2D eigenvalue weighted by molar-refractivity contribution is 0.354. The fourth-order valence-electron chi connectivity index (χ4n) is 1.41. The quantitative estimate of drug-likeness (QED) is 0.651. The molecule has 58 valence electrons. The molecule has 1 aliphatic rings. The highest BCUT2D eigenvalue weighted by molar-refractivity contribution is 14.1. The third-order valence-corrected chi connectivity index (χ3v) is 2.68. The van der Waals surface area contributed by atoms with Crippen LogP contribution in [-0.4, -0.2) is 6.61 Å². The normalized spacial score (nSPS) is 14.4. The van der Waals surface area contributed by atoms with Gasteiger partial charge in [0.25, 0.3) is 0 Å². The Hall–Kier alpha value is -0.250. The van der Waals surface area contributed by atoms with Crippen molar-refractivity contribution in [3.8, 4) is 5.75 Å². The fraction of sp³-hybridized carbons (Fsp3) is 0.333. The molecule has 0 saturated heterocycles. The molecule has 0 N–H and O–H groups in total. The van der Waals surface area contributed by atoms with Crippen LogP contribution >= 0.6 is 22.6 Å². The third kappa shape index (κ3) is 1.24. The largest absolute Gasteiger partial charge is 0.492 e. The van der Waals surface area contributed by atoms with Crippen LogP contribution in [0.1, 0.15) is 11.1 Å². The van der Waals surface area contributed by atoms with Crippen LogP contribution in [0.4, 0.5) is 0 Å². The molecule has 1 heterocycles. The van der Waals surface area contributed by atoms with E-state index in [0.717, 1.165) is 18.8 Å². The van der Waals surface area contributed by atoms with Crippen molar-refractivity contribution in [2.75, 3.05) is 6.61 Å². The summed E-state index contributed by atoms with van der Waals surface area (Å²) in [5.74, 6) is 1.11. The number of fused-ring (bicyclic) bond motifs is 1. The van der Waals surface area contributed by atoms with Gasteiger partial charge >= 0.3 is 0 Å². The molecule has 2 rings (SSSR count). The van der Waals surface area contributed by atoms with Gasteiger partial charge in [0, 0.05) is 6.42 Å². The average Bonchev–Trinajstić information content (AvgIpc) is 2.34. The van der Waals surface area contributed by atoms with Gasteiger partial charge in [-0.25, -0.2) is 0 Å². The minimum Gasteiger partial charge on any atom is -0.492 e. The number of rotatable bonds is 0. The number of halogens is 1. The SMILES string of the molecule is Cc1cc(I)c2c(c1)CCO2. The molecule has 0 aromatic heterocycles. The highest BCUT2D eigenvalue weighted by Crippen LogP contribution is 2.31. The Bertz CT molecular complexity index is 294. The van der Waals surface area contributed by atoms with Gasteiger partial charge in [-0.3, -0.25) is 0 Å². The van der Waals surface area contributed by atoms with Gasteiger partial charge in [0.05, 0.1) is 10.2 Å². The Morgan fingerprint density at radius 1 is 1.45 bits per heavy atom. The van der Waals surface area contributed by atoms with E-state index in [4.69, 9.17) is 4.74 Å². The summed E-state index contributed by atoms with van der Waals surface area (Å²) in [6.07, 6.45) is 1.08. The molecular weight excluding hydrogens is 251 g/mol. The first-order chi connectivity index (χ1) is 5.27. The molecule has 0 spiro atoms. The van der Waals surface area contributed by atoms with Crippen LogP contribution in [0.3, 0.4) is 0 Å². The Labute approximate surface area is 79.9 Å². The van der Waals surface area contributed by atoms with E-state index in [1.165, 1.54) is 14.7 Å². The second kappa shape index (κ2) is 2.66. The first-order valence-corrected chi connectivity index (χ1v) is 4.77. The van der Waals surface area contributed by atoms with Crippen molar-refractivity contribution in [1.82, 2.24) is 0 Å². The minimum absolute atomic E-state index is 0.856. The lowest BCUT2D eigenvalue weighted by atomic mass is 10.1. The zero-order chi connectivity index (χ0) is 7.84. The maximum absolute atomic E-state index is 5.48. The molecule has 11 heavy (non-hydrogen) atoms. The van der Waals surface area contributed by atoms with Gasteiger partial charge in [0.1, 0.15) is 5.75 Å². The predicted octanol–water partition coefficient (Wildman–Crippen LogP) is 2.53. The third-order valence-electron chi connectivity index (χ3n) is 1.88. The molecule has 0 fully saturated rings. The first kappa shape index (κ1) is 7.40. The van der Waals surface area contributed by atoms with E-state index in [0.29, 0.717) is 0 Å². The maximum atomic E-state index is 5.48. The highest BCUT2D eigenvalue weighted by Gasteiger charge is 2.14. The molecule has 1 aliphatic heterocycles. The summed E-state index contributed by atoms with van der Waals surface area (Å²) in [4.78, 5) is 0. The van der Waals surface area contributed by atoms with Crippen LogP contribution in [0.15, 0.2) is 12.1 Å². The molecule has 1 aromatic rings. The summed E-state index contributed by atoms with van der Waals surface area (Å²) >= 11 is 2.33. The van der Waals surface area contributed by atoms with E-state index in [2.05, 4.69) is 41.6 Å². The zero-order valence-electron chi connectivity index (χ0n) is 6.36. The Balaban J connectivity index is 2.60. The lowest BCUT2D eigenvalue weighted by Crippen LogP contribution is -1.87. The summed E-state index contributed by atoms with van der Waals surface area (Å²) < 4.78 is 6.72. The number of hydrogen-bond acceptors (Lipinski definition) is 1. The topological polar surface area (TPSA) is 9.23 Å². The number of hydrogen-bond donors (Lipinski definition) is 0. The summed E-state index contributed by atoms with van der Waals surface area (Å²) in [5.41, 5.74) is 2.70. The van der Waals surface area contributed by atoms with Crippen molar-refractivity contribution in [2.24, 2.45) is 0 Å².